The summed E-state index contributed by atoms with van der Waals surface area (Å²) in [6.07, 6.45) is 3.02. The number of aliphatic hydroxyl groups excluding tert-OH is 1. The van der Waals surface area contributed by atoms with Crippen LogP contribution in [0.3, 0.4) is 0 Å². The van der Waals surface area contributed by atoms with E-state index in [-0.39, 0.29) is 12.8 Å². The molecule has 0 radical (unpaired) electrons. The standard InChI is InChI=1S/C12H19N.C8H12N2O6.C2H6.CH4O/c1-3-4-9-13-10-12-7-5-11(2)6-8-12;11-3-1-2-5(7(14)15)10-8(16)9-4-6(12)13;2*1-2/h5-8,13H,3-4,9-10H2,1-2H3;3,5H,1-2,4H2,(H,12,13)(H,14,15)(H2,9,10,16);1-2H3;2H,1H3. The van der Waals surface area contributed by atoms with Crippen LogP contribution in [-0.4, -0.2) is 65.8 Å². The SMILES string of the molecule is CC.CCCCNCc1ccc(C)cc1.CO.O=CCCC(NC(=O)NCC(=O)O)C(=O)O. The van der Waals surface area contributed by atoms with Gasteiger partial charge in [0.15, 0.2) is 0 Å². The van der Waals surface area contributed by atoms with Crippen molar-refractivity contribution < 1.29 is 34.5 Å². The normalized spacial score (nSPS) is 9.88. The van der Waals surface area contributed by atoms with Gasteiger partial charge in [0.25, 0.3) is 0 Å². The Hall–Kier alpha value is -2.98. The van der Waals surface area contributed by atoms with Gasteiger partial charge in [-0.2, -0.15) is 0 Å². The van der Waals surface area contributed by atoms with Crippen LogP contribution in [0.4, 0.5) is 4.79 Å². The van der Waals surface area contributed by atoms with Crippen molar-refractivity contribution in [2.45, 2.75) is 66.0 Å². The highest BCUT2D eigenvalue weighted by atomic mass is 16.4. The van der Waals surface area contributed by atoms with Crippen molar-refractivity contribution in [1.29, 1.82) is 0 Å². The Bertz CT molecular complexity index is 637. The van der Waals surface area contributed by atoms with Crippen molar-refractivity contribution in [2.75, 3.05) is 20.2 Å². The number of urea groups is 1. The van der Waals surface area contributed by atoms with E-state index in [1.54, 1.807) is 0 Å². The van der Waals surface area contributed by atoms with E-state index in [1.165, 1.54) is 24.0 Å². The molecule has 0 heterocycles. The summed E-state index contributed by atoms with van der Waals surface area (Å²) in [5.41, 5.74) is 2.71. The Morgan fingerprint density at radius 3 is 2.09 bits per heavy atom. The summed E-state index contributed by atoms with van der Waals surface area (Å²) in [5.74, 6) is -2.53. The number of benzene rings is 1. The number of aliphatic hydroxyl groups is 1. The first-order valence-electron chi connectivity index (χ1n) is 10.9. The first-order valence-corrected chi connectivity index (χ1v) is 10.9. The summed E-state index contributed by atoms with van der Waals surface area (Å²) in [5, 5.41) is 31.3. The molecule has 0 aliphatic rings. The van der Waals surface area contributed by atoms with Crippen LogP contribution in [0.2, 0.25) is 0 Å². The fourth-order valence-corrected chi connectivity index (χ4v) is 2.10. The number of rotatable bonds is 12. The molecule has 0 fully saturated rings. The van der Waals surface area contributed by atoms with Crippen LogP contribution in [-0.2, 0) is 20.9 Å². The predicted molar refractivity (Wildman–Crippen MR) is 128 cm³/mol. The maximum atomic E-state index is 11.0. The summed E-state index contributed by atoms with van der Waals surface area (Å²) in [7, 11) is 1.00. The second kappa shape index (κ2) is 25.3. The molecule has 0 saturated carbocycles. The smallest absolute Gasteiger partial charge is 0.326 e. The zero-order chi connectivity index (χ0) is 26.1. The van der Waals surface area contributed by atoms with Crippen molar-refractivity contribution in [3.63, 3.8) is 0 Å². The van der Waals surface area contributed by atoms with Gasteiger partial charge in [-0.3, -0.25) is 4.79 Å². The summed E-state index contributed by atoms with van der Waals surface area (Å²) < 4.78 is 0. The van der Waals surface area contributed by atoms with Gasteiger partial charge in [-0.25, -0.2) is 9.59 Å². The van der Waals surface area contributed by atoms with Crippen LogP contribution < -0.4 is 16.0 Å². The number of carbonyl (C=O) groups excluding carboxylic acids is 2. The molecule has 1 unspecified atom stereocenters. The van der Waals surface area contributed by atoms with Gasteiger partial charge in [-0.15, -0.1) is 0 Å². The van der Waals surface area contributed by atoms with E-state index < -0.39 is 30.6 Å². The van der Waals surface area contributed by atoms with E-state index in [0.717, 1.165) is 20.2 Å². The Balaban J connectivity index is -0.000000479. The Morgan fingerprint density at radius 2 is 1.64 bits per heavy atom. The molecular weight excluding hydrogens is 430 g/mol. The van der Waals surface area contributed by atoms with Gasteiger partial charge in [0.2, 0.25) is 0 Å². The highest BCUT2D eigenvalue weighted by Gasteiger charge is 2.19. The van der Waals surface area contributed by atoms with E-state index in [9.17, 15) is 19.2 Å². The quantitative estimate of drug-likeness (QED) is 0.200. The van der Waals surface area contributed by atoms with Crippen LogP contribution in [0.1, 0.15) is 57.6 Å². The molecule has 0 aliphatic carbocycles. The Kier molecular flexibility index (Phi) is 26.5. The number of carboxylic acids is 2. The number of aldehydes is 1. The molecule has 0 saturated heterocycles. The number of aliphatic carboxylic acids is 2. The van der Waals surface area contributed by atoms with Crippen LogP contribution in [0.25, 0.3) is 0 Å². The van der Waals surface area contributed by atoms with Gasteiger partial charge in [0.05, 0.1) is 0 Å². The Labute approximate surface area is 196 Å². The maximum Gasteiger partial charge on any atom is 0.326 e. The molecule has 33 heavy (non-hydrogen) atoms. The molecule has 1 rings (SSSR count). The highest BCUT2D eigenvalue weighted by molar-refractivity contribution is 5.84. The van der Waals surface area contributed by atoms with Crippen molar-refractivity contribution in [3.05, 3.63) is 35.4 Å². The van der Waals surface area contributed by atoms with Crippen LogP contribution >= 0.6 is 0 Å². The zero-order valence-corrected chi connectivity index (χ0v) is 20.4. The van der Waals surface area contributed by atoms with Crippen LogP contribution in [0.5, 0.6) is 0 Å². The molecule has 0 aromatic heterocycles. The first-order chi connectivity index (χ1) is 15.8. The molecule has 6 N–H and O–H groups in total. The van der Waals surface area contributed by atoms with Crippen molar-refractivity contribution in [3.8, 4) is 0 Å². The minimum Gasteiger partial charge on any atom is -0.480 e. The number of unbranched alkanes of at least 4 members (excludes halogenated alkanes) is 1. The minimum atomic E-state index is -1.28. The number of hydrogen-bond donors (Lipinski definition) is 6. The van der Waals surface area contributed by atoms with Crippen LogP contribution in [0.15, 0.2) is 24.3 Å². The molecule has 2 amide bonds. The second-order valence-corrected chi connectivity index (χ2v) is 6.37. The molecule has 0 aliphatic heterocycles. The average Bonchev–Trinajstić information content (AvgIpc) is 2.82. The molecule has 10 heteroatoms. The second-order valence-electron chi connectivity index (χ2n) is 6.37. The summed E-state index contributed by atoms with van der Waals surface area (Å²) in [4.78, 5) is 41.7. The van der Waals surface area contributed by atoms with Crippen molar-refractivity contribution in [1.82, 2.24) is 16.0 Å². The van der Waals surface area contributed by atoms with Gasteiger partial charge in [0.1, 0.15) is 18.9 Å². The fourth-order valence-electron chi connectivity index (χ4n) is 2.10. The van der Waals surface area contributed by atoms with Gasteiger partial charge in [-0.1, -0.05) is 57.0 Å². The minimum absolute atomic E-state index is 0.00379. The van der Waals surface area contributed by atoms with Gasteiger partial charge >= 0.3 is 18.0 Å². The van der Waals surface area contributed by atoms with E-state index in [4.69, 9.17) is 15.3 Å². The zero-order valence-electron chi connectivity index (χ0n) is 20.4. The Morgan fingerprint density at radius 1 is 1.06 bits per heavy atom. The lowest BCUT2D eigenvalue weighted by molar-refractivity contribution is -0.139. The van der Waals surface area contributed by atoms with Gasteiger partial charge in [-0.05, 0) is 31.9 Å². The largest absolute Gasteiger partial charge is 0.480 e. The fraction of sp³-hybridized carbons (Fsp3) is 0.565. The summed E-state index contributed by atoms with van der Waals surface area (Å²) >= 11 is 0. The molecule has 0 spiro atoms. The summed E-state index contributed by atoms with van der Waals surface area (Å²) in [6, 6.07) is 6.59. The molecule has 1 aromatic rings. The van der Waals surface area contributed by atoms with Gasteiger partial charge in [0, 0.05) is 20.1 Å². The lowest BCUT2D eigenvalue weighted by atomic mass is 10.1. The highest BCUT2D eigenvalue weighted by Crippen LogP contribution is 2.02. The molecule has 1 aromatic carbocycles. The van der Waals surface area contributed by atoms with E-state index in [0.29, 0.717) is 6.29 Å². The average molecular weight is 472 g/mol. The van der Waals surface area contributed by atoms with E-state index in [2.05, 4.69) is 43.4 Å². The summed E-state index contributed by atoms with van der Waals surface area (Å²) in [6.45, 7) is 9.86. The number of nitrogens with one attached hydrogen (secondary N) is 3. The third-order valence-corrected chi connectivity index (χ3v) is 3.73. The van der Waals surface area contributed by atoms with Crippen LogP contribution in [0, 0.1) is 6.92 Å². The van der Waals surface area contributed by atoms with E-state index >= 15 is 0 Å². The first kappa shape index (κ1) is 34.6. The lowest BCUT2D eigenvalue weighted by Gasteiger charge is -2.13. The van der Waals surface area contributed by atoms with Crippen molar-refractivity contribution >= 4 is 24.3 Å². The number of hydrogen-bond acceptors (Lipinski definition) is 6. The number of carbonyl (C=O) groups is 4. The third kappa shape index (κ3) is 23.5. The number of amides is 2. The third-order valence-electron chi connectivity index (χ3n) is 3.73. The molecule has 190 valence electrons. The monoisotopic (exact) mass is 471 g/mol. The number of carboxylic acid groups (broad SMARTS) is 2. The number of aryl methyl sites for hydroxylation is 1. The van der Waals surface area contributed by atoms with E-state index in [1.807, 2.05) is 24.5 Å². The topological polar surface area (TPSA) is 165 Å². The molecule has 0 bridgehead atoms. The molecule has 1 atom stereocenters. The van der Waals surface area contributed by atoms with Crippen molar-refractivity contribution in [2.24, 2.45) is 0 Å². The maximum absolute atomic E-state index is 11.0. The molecule has 10 nitrogen and oxygen atoms in total. The molecular formula is C23H41N3O7. The predicted octanol–water partition coefficient (Wildman–Crippen LogP) is 2.32. The van der Waals surface area contributed by atoms with Gasteiger partial charge < -0.3 is 36.1 Å². The lowest BCUT2D eigenvalue weighted by Crippen LogP contribution is -2.47.